The smallest absolute Gasteiger partial charge is 0.230 e. The van der Waals surface area contributed by atoms with E-state index in [0.717, 1.165) is 19.3 Å². The van der Waals surface area contributed by atoms with E-state index in [1.165, 1.54) is 11.3 Å². The van der Waals surface area contributed by atoms with Crippen LogP contribution >= 0.6 is 11.8 Å². The fourth-order valence-corrected chi connectivity index (χ4v) is 2.90. The van der Waals surface area contributed by atoms with Gasteiger partial charge in [0.15, 0.2) is 0 Å². The maximum Gasteiger partial charge on any atom is 0.230 e. The van der Waals surface area contributed by atoms with Crippen molar-refractivity contribution in [3.05, 3.63) is 17.5 Å². The average molecular weight is 267 g/mol. The lowest BCUT2D eigenvalue weighted by molar-refractivity contribution is -0.119. The molecule has 1 aromatic rings. The second-order valence-corrected chi connectivity index (χ2v) is 6.61. The van der Waals surface area contributed by atoms with Crippen molar-refractivity contribution < 1.29 is 4.79 Å². The minimum atomic E-state index is 0.135. The first-order chi connectivity index (χ1) is 8.58. The zero-order valence-electron chi connectivity index (χ0n) is 11.3. The highest BCUT2D eigenvalue weighted by Crippen LogP contribution is 2.29. The monoisotopic (exact) mass is 267 g/mol. The average Bonchev–Trinajstić information content (AvgIpc) is 2.70. The molecule has 0 aliphatic heterocycles. The molecule has 18 heavy (non-hydrogen) atoms. The van der Waals surface area contributed by atoms with Crippen LogP contribution in [0.15, 0.2) is 6.20 Å². The molecule has 5 heteroatoms. The number of carbonyl (C=O) groups is 1. The van der Waals surface area contributed by atoms with Crippen molar-refractivity contribution in [1.82, 2.24) is 15.1 Å². The van der Waals surface area contributed by atoms with Crippen molar-refractivity contribution in [2.75, 3.05) is 5.75 Å². The van der Waals surface area contributed by atoms with Crippen LogP contribution in [0.5, 0.6) is 0 Å². The van der Waals surface area contributed by atoms with Gasteiger partial charge in [-0.3, -0.25) is 9.48 Å². The number of aromatic nitrogens is 2. The molecule has 1 aromatic heterocycles. The molecule has 1 atom stereocenters. The summed E-state index contributed by atoms with van der Waals surface area (Å²) in [6, 6.07) is 0.155. The predicted octanol–water partition coefficient (Wildman–Crippen LogP) is 2.06. The minimum absolute atomic E-state index is 0.135. The van der Waals surface area contributed by atoms with E-state index in [0.29, 0.717) is 11.0 Å². The molecule has 0 radical (unpaired) electrons. The van der Waals surface area contributed by atoms with Crippen molar-refractivity contribution in [2.45, 2.75) is 44.4 Å². The van der Waals surface area contributed by atoms with Gasteiger partial charge in [0.05, 0.1) is 18.0 Å². The van der Waals surface area contributed by atoms with Crippen LogP contribution in [0.4, 0.5) is 0 Å². The summed E-state index contributed by atoms with van der Waals surface area (Å²) in [4.78, 5) is 11.9. The zero-order valence-corrected chi connectivity index (χ0v) is 12.1. The Bertz CT molecular complexity index is 428. The fraction of sp³-hybridized carbons (Fsp3) is 0.692. The molecule has 1 N–H and O–H groups in total. The van der Waals surface area contributed by atoms with E-state index in [1.807, 2.05) is 17.9 Å². The Hall–Kier alpha value is -0.970. The molecule has 2 rings (SSSR count). The van der Waals surface area contributed by atoms with Crippen molar-refractivity contribution in [1.29, 1.82) is 0 Å². The van der Waals surface area contributed by atoms with Crippen LogP contribution in [-0.4, -0.2) is 26.7 Å². The zero-order chi connectivity index (χ0) is 13.1. The maximum absolute atomic E-state index is 11.9. The number of amides is 1. The molecule has 1 aliphatic carbocycles. The minimum Gasteiger partial charge on any atom is -0.348 e. The van der Waals surface area contributed by atoms with Gasteiger partial charge in [-0.15, -0.1) is 11.8 Å². The van der Waals surface area contributed by atoms with Crippen LogP contribution < -0.4 is 5.32 Å². The fourth-order valence-electron chi connectivity index (χ4n) is 2.33. The van der Waals surface area contributed by atoms with Gasteiger partial charge in [0.1, 0.15) is 0 Å². The van der Waals surface area contributed by atoms with Gasteiger partial charge >= 0.3 is 0 Å². The number of hydrogen-bond acceptors (Lipinski definition) is 3. The lowest BCUT2D eigenvalue weighted by atomic mass is 9.93. The third-order valence-corrected chi connectivity index (χ3v) is 4.35. The number of fused-ring (bicyclic) bond motifs is 1. The van der Waals surface area contributed by atoms with E-state index in [1.54, 1.807) is 11.8 Å². The summed E-state index contributed by atoms with van der Waals surface area (Å²) < 4.78 is 1.93. The molecule has 0 fully saturated rings. The Kier molecular flexibility index (Phi) is 4.32. The predicted molar refractivity (Wildman–Crippen MR) is 74.6 cm³/mol. The van der Waals surface area contributed by atoms with Crippen LogP contribution in [0, 0.1) is 0 Å². The third kappa shape index (κ3) is 3.07. The molecule has 0 aromatic carbocycles. The van der Waals surface area contributed by atoms with Crippen molar-refractivity contribution in [2.24, 2.45) is 7.05 Å². The van der Waals surface area contributed by atoms with Gasteiger partial charge in [-0.2, -0.15) is 5.10 Å². The van der Waals surface area contributed by atoms with Gasteiger partial charge in [-0.05, 0) is 24.5 Å². The summed E-state index contributed by atoms with van der Waals surface area (Å²) in [5, 5.41) is 7.92. The summed E-state index contributed by atoms with van der Waals surface area (Å²) in [6.07, 6.45) is 5.11. The molecule has 100 valence electrons. The molecule has 1 heterocycles. The second-order valence-electron chi connectivity index (χ2n) is 5.04. The Morgan fingerprint density at radius 1 is 1.67 bits per heavy atom. The highest BCUT2D eigenvalue weighted by molar-refractivity contribution is 8.00. The number of nitrogens with one attached hydrogen (secondary N) is 1. The maximum atomic E-state index is 11.9. The molecule has 0 saturated carbocycles. The van der Waals surface area contributed by atoms with E-state index in [9.17, 15) is 4.79 Å². The Morgan fingerprint density at radius 2 is 2.44 bits per heavy atom. The summed E-state index contributed by atoms with van der Waals surface area (Å²) in [7, 11) is 1.97. The van der Waals surface area contributed by atoms with Crippen molar-refractivity contribution >= 4 is 17.7 Å². The largest absolute Gasteiger partial charge is 0.348 e. The summed E-state index contributed by atoms with van der Waals surface area (Å²) in [5.74, 6) is 0.680. The molecule has 0 spiro atoms. The lowest BCUT2D eigenvalue weighted by Gasteiger charge is -2.23. The molecular weight excluding hydrogens is 246 g/mol. The topological polar surface area (TPSA) is 46.9 Å². The Labute approximate surface area is 113 Å². The number of hydrogen-bond donors (Lipinski definition) is 1. The Balaban J connectivity index is 1.96. The molecule has 0 unspecified atom stereocenters. The van der Waals surface area contributed by atoms with Crippen LogP contribution in [0.1, 0.15) is 44.0 Å². The van der Waals surface area contributed by atoms with Crippen molar-refractivity contribution in [3.8, 4) is 0 Å². The second kappa shape index (κ2) is 5.78. The molecule has 0 bridgehead atoms. The molecule has 1 aliphatic rings. The van der Waals surface area contributed by atoms with Crippen molar-refractivity contribution in [3.63, 3.8) is 0 Å². The van der Waals surface area contributed by atoms with E-state index >= 15 is 0 Å². The SMILES string of the molecule is CC(C)SCC(=O)N[C@H]1CCCc2c1cnn2C. The number of thioether (sulfide) groups is 1. The van der Waals surface area contributed by atoms with Gasteiger partial charge in [0.2, 0.25) is 5.91 Å². The van der Waals surface area contributed by atoms with Crippen LogP contribution in [0.2, 0.25) is 0 Å². The van der Waals surface area contributed by atoms with E-state index in [-0.39, 0.29) is 11.9 Å². The first kappa shape index (κ1) is 13.5. The number of rotatable bonds is 4. The van der Waals surface area contributed by atoms with E-state index < -0.39 is 0 Å². The molecule has 1 amide bonds. The standard InChI is InChI=1S/C13H21N3OS/c1-9(2)18-8-13(17)15-11-5-4-6-12-10(11)7-14-16(12)3/h7,9,11H,4-6,8H2,1-3H3,(H,15,17)/t11-/m0/s1. The van der Waals surface area contributed by atoms with Gasteiger partial charge in [-0.1, -0.05) is 13.8 Å². The van der Waals surface area contributed by atoms with Gasteiger partial charge in [0.25, 0.3) is 0 Å². The Morgan fingerprint density at radius 3 is 3.17 bits per heavy atom. The van der Waals surface area contributed by atoms with Gasteiger partial charge < -0.3 is 5.32 Å². The van der Waals surface area contributed by atoms with Crippen LogP contribution in [-0.2, 0) is 18.3 Å². The van der Waals surface area contributed by atoms with E-state index in [4.69, 9.17) is 0 Å². The first-order valence-electron chi connectivity index (χ1n) is 6.49. The lowest BCUT2D eigenvalue weighted by Crippen LogP contribution is -2.32. The number of carbonyl (C=O) groups excluding carboxylic acids is 1. The summed E-state index contributed by atoms with van der Waals surface area (Å²) >= 11 is 1.68. The summed E-state index contributed by atoms with van der Waals surface area (Å²) in [6.45, 7) is 4.22. The van der Waals surface area contributed by atoms with E-state index in [2.05, 4.69) is 24.3 Å². The highest BCUT2D eigenvalue weighted by atomic mass is 32.2. The molecular formula is C13H21N3OS. The van der Waals surface area contributed by atoms with Gasteiger partial charge in [-0.25, -0.2) is 0 Å². The number of aryl methyl sites for hydroxylation is 1. The van der Waals surface area contributed by atoms with Crippen LogP contribution in [0.25, 0.3) is 0 Å². The summed E-state index contributed by atoms with van der Waals surface area (Å²) in [5.41, 5.74) is 2.47. The third-order valence-electron chi connectivity index (χ3n) is 3.26. The highest BCUT2D eigenvalue weighted by Gasteiger charge is 2.24. The normalized spacial score (nSPS) is 18.8. The van der Waals surface area contributed by atoms with Crippen LogP contribution in [0.3, 0.4) is 0 Å². The molecule has 4 nitrogen and oxygen atoms in total. The molecule has 0 saturated heterocycles. The first-order valence-corrected chi connectivity index (χ1v) is 7.54. The quantitative estimate of drug-likeness (QED) is 0.908. The number of nitrogens with zero attached hydrogens (tertiary/aromatic N) is 2. The van der Waals surface area contributed by atoms with Gasteiger partial charge in [0, 0.05) is 18.3 Å².